The monoisotopic (exact) mass is 529 g/mol. The van der Waals surface area contributed by atoms with Crippen molar-refractivity contribution < 1.29 is 24.2 Å². The van der Waals surface area contributed by atoms with Gasteiger partial charge in [-0.15, -0.1) is 11.3 Å². The Kier molecular flexibility index (Phi) is 7.19. The smallest absolute Gasteiger partial charge is 0.320 e. The van der Waals surface area contributed by atoms with E-state index >= 15 is 0 Å². The molecule has 0 saturated carbocycles. The minimum absolute atomic E-state index is 0.0886. The fourth-order valence-corrected chi connectivity index (χ4v) is 5.53. The number of oxime groups is 1. The van der Waals surface area contributed by atoms with E-state index in [1.54, 1.807) is 40.5 Å². The zero-order valence-electron chi connectivity index (χ0n) is 19.5. The van der Waals surface area contributed by atoms with Gasteiger partial charge in [0.2, 0.25) is 5.88 Å². The zero-order chi connectivity index (χ0) is 25.1. The molecule has 0 bridgehead atoms. The number of ether oxygens (including phenoxy) is 2. The standard InChI is InChI=1S/C24H24ClN5O5S/c1-33-20-5-8-26-24(28-20)34-12-21(32)30-9-6-14(7-10-30)23-27-17(13-36-23)16-11-19(35-29-16)22-15(25)3-2-4-18(22)31/h2-5,8,13-14,19,31H,6-7,9-12H2,1H3. The highest BCUT2D eigenvalue weighted by Crippen LogP contribution is 2.39. The fraction of sp³-hybridized carbons (Fsp3) is 0.375. The highest BCUT2D eigenvalue weighted by atomic mass is 35.5. The summed E-state index contributed by atoms with van der Waals surface area (Å²) in [6.07, 6.45) is 3.17. The first-order valence-electron chi connectivity index (χ1n) is 11.4. The third-order valence-electron chi connectivity index (χ3n) is 6.18. The molecule has 2 aliphatic rings. The van der Waals surface area contributed by atoms with Crippen LogP contribution in [0, 0.1) is 0 Å². The van der Waals surface area contributed by atoms with Crippen LogP contribution in [0.15, 0.2) is 41.0 Å². The predicted molar refractivity (Wildman–Crippen MR) is 133 cm³/mol. The van der Waals surface area contributed by atoms with Gasteiger partial charge in [-0.25, -0.2) is 9.97 Å². The maximum absolute atomic E-state index is 12.6. The van der Waals surface area contributed by atoms with Crippen LogP contribution in [0.4, 0.5) is 0 Å². The SMILES string of the molecule is COc1ccnc(OCC(=O)N2CCC(c3nc(C4=NOC(c5c(O)cccc5Cl)C4)cs3)CC2)n1. The van der Waals surface area contributed by atoms with Crippen LogP contribution in [0.1, 0.15) is 47.5 Å². The van der Waals surface area contributed by atoms with E-state index in [9.17, 15) is 9.90 Å². The van der Waals surface area contributed by atoms with Crippen LogP contribution in [-0.4, -0.2) is 63.4 Å². The Morgan fingerprint density at radius 3 is 2.89 bits per heavy atom. The summed E-state index contributed by atoms with van der Waals surface area (Å²) in [6.45, 7) is 1.12. The molecular weight excluding hydrogens is 506 g/mol. The van der Waals surface area contributed by atoms with Crippen molar-refractivity contribution in [2.24, 2.45) is 5.16 Å². The number of aromatic hydroxyl groups is 1. The molecule has 1 unspecified atom stereocenters. The number of rotatable bonds is 7. The van der Waals surface area contributed by atoms with Crippen molar-refractivity contribution >= 4 is 34.6 Å². The molecule has 1 atom stereocenters. The Morgan fingerprint density at radius 2 is 2.11 bits per heavy atom. The Morgan fingerprint density at radius 1 is 1.28 bits per heavy atom. The first kappa shape index (κ1) is 24.3. The number of likely N-dealkylation sites (tertiary alicyclic amines) is 1. The molecule has 0 radical (unpaired) electrons. The number of piperidine rings is 1. The van der Waals surface area contributed by atoms with Gasteiger partial charge in [0.1, 0.15) is 11.5 Å². The summed E-state index contributed by atoms with van der Waals surface area (Å²) >= 11 is 7.84. The number of phenols is 1. The fourth-order valence-electron chi connectivity index (χ4n) is 4.24. The van der Waals surface area contributed by atoms with Crippen molar-refractivity contribution in [2.45, 2.75) is 31.3 Å². The van der Waals surface area contributed by atoms with Gasteiger partial charge in [0, 0.05) is 43.1 Å². The van der Waals surface area contributed by atoms with Gasteiger partial charge in [-0.1, -0.05) is 22.8 Å². The molecule has 0 spiro atoms. The minimum atomic E-state index is -0.447. The molecular formula is C24H24ClN5O5S. The lowest BCUT2D eigenvalue weighted by Crippen LogP contribution is -2.40. The second-order valence-electron chi connectivity index (χ2n) is 8.41. The number of amides is 1. The molecule has 2 aromatic heterocycles. The van der Waals surface area contributed by atoms with Crippen LogP contribution in [-0.2, 0) is 9.63 Å². The predicted octanol–water partition coefficient (Wildman–Crippen LogP) is 3.95. The molecule has 3 aromatic rings. The largest absolute Gasteiger partial charge is 0.507 e. The van der Waals surface area contributed by atoms with Crippen LogP contribution in [0.2, 0.25) is 5.02 Å². The number of thiazole rings is 1. The Bertz CT molecular complexity index is 1260. The first-order chi connectivity index (χ1) is 17.5. The molecule has 5 rings (SSSR count). The van der Waals surface area contributed by atoms with Gasteiger partial charge in [-0.05, 0) is 25.0 Å². The van der Waals surface area contributed by atoms with E-state index in [-0.39, 0.29) is 30.2 Å². The molecule has 4 heterocycles. The molecule has 10 nitrogen and oxygen atoms in total. The summed E-state index contributed by atoms with van der Waals surface area (Å²) in [5.74, 6) is 0.627. The maximum Gasteiger partial charge on any atom is 0.320 e. The molecule has 1 saturated heterocycles. The molecule has 1 fully saturated rings. The lowest BCUT2D eigenvalue weighted by molar-refractivity contribution is -0.134. The normalized spacial score (nSPS) is 18.0. The van der Waals surface area contributed by atoms with Crippen molar-refractivity contribution in [3.63, 3.8) is 0 Å². The van der Waals surface area contributed by atoms with E-state index < -0.39 is 6.10 Å². The van der Waals surface area contributed by atoms with Gasteiger partial charge < -0.3 is 24.3 Å². The van der Waals surface area contributed by atoms with Crippen molar-refractivity contribution in [1.82, 2.24) is 19.9 Å². The summed E-state index contributed by atoms with van der Waals surface area (Å²) in [4.78, 5) is 32.8. The number of aromatic nitrogens is 3. The highest BCUT2D eigenvalue weighted by molar-refractivity contribution is 7.10. The molecule has 1 amide bonds. The van der Waals surface area contributed by atoms with Crippen LogP contribution < -0.4 is 9.47 Å². The van der Waals surface area contributed by atoms with Crippen molar-refractivity contribution in [3.8, 4) is 17.6 Å². The summed E-state index contributed by atoms with van der Waals surface area (Å²) < 4.78 is 10.5. The van der Waals surface area contributed by atoms with Gasteiger partial charge in [-0.3, -0.25) is 4.79 Å². The lowest BCUT2D eigenvalue weighted by Gasteiger charge is -2.31. The van der Waals surface area contributed by atoms with E-state index in [4.69, 9.17) is 30.9 Å². The number of phenolic OH excluding ortho intramolecular Hbond substituents is 1. The molecule has 36 heavy (non-hydrogen) atoms. The average molecular weight is 530 g/mol. The number of benzene rings is 1. The molecule has 0 aliphatic carbocycles. The van der Waals surface area contributed by atoms with E-state index in [0.29, 0.717) is 36.0 Å². The number of halogens is 1. The zero-order valence-corrected chi connectivity index (χ0v) is 21.0. The van der Waals surface area contributed by atoms with Crippen LogP contribution in [0.5, 0.6) is 17.6 Å². The van der Waals surface area contributed by atoms with Crippen molar-refractivity contribution in [2.75, 3.05) is 26.8 Å². The van der Waals surface area contributed by atoms with Gasteiger partial charge in [-0.2, -0.15) is 4.98 Å². The van der Waals surface area contributed by atoms with E-state index in [1.165, 1.54) is 13.3 Å². The molecule has 2 aliphatic heterocycles. The Labute approximate surface area is 216 Å². The number of carbonyl (C=O) groups is 1. The van der Waals surface area contributed by atoms with E-state index in [1.807, 2.05) is 5.38 Å². The Hall–Kier alpha value is -3.44. The van der Waals surface area contributed by atoms with Crippen molar-refractivity contribution in [3.05, 3.63) is 57.1 Å². The van der Waals surface area contributed by atoms with Crippen LogP contribution in [0.3, 0.4) is 0 Å². The quantitative estimate of drug-likeness (QED) is 0.488. The van der Waals surface area contributed by atoms with Crippen LogP contribution >= 0.6 is 22.9 Å². The van der Waals surface area contributed by atoms with Gasteiger partial charge in [0.05, 0.1) is 28.4 Å². The number of hydrogen-bond donors (Lipinski definition) is 1. The van der Waals surface area contributed by atoms with E-state index in [2.05, 4.69) is 15.1 Å². The third-order valence-corrected chi connectivity index (χ3v) is 7.51. The second kappa shape index (κ2) is 10.7. The number of nitrogens with zero attached hydrogens (tertiary/aromatic N) is 5. The van der Waals surface area contributed by atoms with Gasteiger partial charge >= 0.3 is 6.01 Å². The summed E-state index contributed by atoms with van der Waals surface area (Å²) in [7, 11) is 1.50. The molecule has 12 heteroatoms. The summed E-state index contributed by atoms with van der Waals surface area (Å²) in [5.41, 5.74) is 2.04. The van der Waals surface area contributed by atoms with Gasteiger partial charge in [0.25, 0.3) is 5.91 Å². The summed E-state index contributed by atoms with van der Waals surface area (Å²) in [5, 5.41) is 17.8. The minimum Gasteiger partial charge on any atom is -0.507 e. The third kappa shape index (κ3) is 5.21. The number of carbonyl (C=O) groups excluding carboxylic acids is 1. The van der Waals surface area contributed by atoms with Crippen LogP contribution in [0.25, 0.3) is 0 Å². The van der Waals surface area contributed by atoms with E-state index in [0.717, 1.165) is 29.3 Å². The summed E-state index contributed by atoms with van der Waals surface area (Å²) in [6, 6.07) is 6.70. The molecule has 188 valence electrons. The van der Waals surface area contributed by atoms with Crippen molar-refractivity contribution in [1.29, 1.82) is 0 Å². The number of methoxy groups -OCH3 is 1. The molecule has 1 aromatic carbocycles. The Balaban J connectivity index is 1.13. The lowest BCUT2D eigenvalue weighted by atomic mass is 9.97. The molecule has 1 N–H and O–H groups in total. The second-order valence-corrected chi connectivity index (χ2v) is 9.70. The van der Waals surface area contributed by atoms with Gasteiger partial charge in [0.15, 0.2) is 12.7 Å². The highest BCUT2D eigenvalue weighted by Gasteiger charge is 2.31. The topological polar surface area (TPSA) is 119 Å². The first-order valence-corrected chi connectivity index (χ1v) is 12.7. The number of hydrogen-bond acceptors (Lipinski definition) is 10. The average Bonchev–Trinajstić information content (AvgIpc) is 3.58. The maximum atomic E-state index is 12.6.